The minimum Gasteiger partial charge on any atom is -0.481 e. The molecule has 6 heteroatoms. The molecule has 0 bridgehead atoms. The van der Waals surface area contributed by atoms with Gasteiger partial charge in [-0.25, -0.2) is 0 Å². The average molecular weight is 391 g/mol. The zero-order valence-corrected chi connectivity index (χ0v) is 16.8. The van der Waals surface area contributed by atoms with Gasteiger partial charge < -0.3 is 10.4 Å². The number of nitrogens with zero attached hydrogens (tertiary/aromatic N) is 2. The summed E-state index contributed by atoms with van der Waals surface area (Å²) in [6.45, 7) is 6.11. The lowest BCUT2D eigenvalue weighted by Gasteiger charge is -2.25. The lowest BCUT2D eigenvalue weighted by atomic mass is 9.82. The second-order valence-electron chi connectivity index (χ2n) is 7.47. The summed E-state index contributed by atoms with van der Waals surface area (Å²) in [5.74, 6) is -1.29. The maximum Gasteiger partial charge on any atom is 0.315 e. The SMILES string of the molecule is Cc1cc(C)n(Cc2cccc(C(=O)NCC(C)(C(=O)O)c3ccccc3)c2)n1. The molecule has 3 aromatic rings. The van der Waals surface area contributed by atoms with Crippen LogP contribution in [0.4, 0.5) is 0 Å². The monoisotopic (exact) mass is 391 g/mol. The van der Waals surface area contributed by atoms with Crippen molar-refractivity contribution in [3.63, 3.8) is 0 Å². The summed E-state index contributed by atoms with van der Waals surface area (Å²) in [4.78, 5) is 24.6. The molecule has 2 aromatic carbocycles. The van der Waals surface area contributed by atoms with Gasteiger partial charge in [-0.05, 0) is 50.1 Å². The Morgan fingerprint density at radius 1 is 1.07 bits per heavy atom. The lowest BCUT2D eigenvalue weighted by Crippen LogP contribution is -2.44. The summed E-state index contributed by atoms with van der Waals surface area (Å²) in [6.07, 6.45) is 0. The summed E-state index contributed by atoms with van der Waals surface area (Å²) in [5, 5.41) is 17.0. The van der Waals surface area contributed by atoms with Gasteiger partial charge in [0.25, 0.3) is 5.91 Å². The first-order valence-corrected chi connectivity index (χ1v) is 9.47. The lowest BCUT2D eigenvalue weighted by molar-refractivity contribution is -0.142. The van der Waals surface area contributed by atoms with E-state index in [-0.39, 0.29) is 12.5 Å². The molecule has 0 saturated carbocycles. The third kappa shape index (κ3) is 4.54. The molecule has 1 atom stereocenters. The minimum atomic E-state index is -1.21. The van der Waals surface area contributed by atoms with Crippen molar-refractivity contribution in [1.82, 2.24) is 15.1 Å². The van der Waals surface area contributed by atoms with Gasteiger partial charge in [0.2, 0.25) is 0 Å². The van der Waals surface area contributed by atoms with Crippen molar-refractivity contribution in [2.24, 2.45) is 0 Å². The number of carbonyl (C=O) groups excluding carboxylic acids is 1. The molecular weight excluding hydrogens is 366 g/mol. The summed E-state index contributed by atoms with van der Waals surface area (Å²) in [6, 6.07) is 18.2. The summed E-state index contributed by atoms with van der Waals surface area (Å²) < 4.78 is 1.89. The van der Waals surface area contributed by atoms with E-state index in [0.717, 1.165) is 17.0 Å². The third-order valence-electron chi connectivity index (χ3n) is 5.11. The van der Waals surface area contributed by atoms with E-state index < -0.39 is 11.4 Å². The van der Waals surface area contributed by atoms with Crippen LogP contribution in [0.2, 0.25) is 0 Å². The largest absolute Gasteiger partial charge is 0.481 e. The van der Waals surface area contributed by atoms with Crippen LogP contribution in [0.3, 0.4) is 0 Å². The Bertz CT molecular complexity index is 1030. The normalized spacial score (nSPS) is 12.9. The zero-order valence-electron chi connectivity index (χ0n) is 16.8. The number of amides is 1. The number of carboxylic acid groups (broad SMARTS) is 1. The van der Waals surface area contributed by atoms with E-state index in [9.17, 15) is 14.7 Å². The third-order valence-corrected chi connectivity index (χ3v) is 5.11. The van der Waals surface area contributed by atoms with Crippen LogP contribution >= 0.6 is 0 Å². The first-order valence-electron chi connectivity index (χ1n) is 9.47. The van der Waals surface area contributed by atoms with Crippen LogP contribution in [0, 0.1) is 13.8 Å². The molecule has 150 valence electrons. The predicted octanol–water partition coefficient (Wildman–Crippen LogP) is 3.32. The maximum absolute atomic E-state index is 12.7. The van der Waals surface area contributed by atoms with Crippen molar-refractivity contribution < 1.29 is 14.7 Å². The molecule has 0 fully saturated rings. The van der Waals surface area contributed by atoms with Gasteiger partial charge in [-0.15, -0.1) is 0 Å². The molecule has 0 saturated heterocycles. The van der Waals surface area contributed by atoms with Crippen LogP contribution in [0.15, 0.2) is 60.7 Å². The van der Waals surface area contributed by atoms with E-state index in [4.69, 9.17) is 0 Å². The first-order chi connectivity index (χ1) is 13.8. The number of aryl methyl sites for hydroxylation is 2. The van der Waals surface area contributed by atoms with Gasteiger partial charge in [0.05, 0.1) is 12.2 Å². The van der Waals surface area contributed by atoms with Crippen molar-refractivity contribution in [2.45, 2.75) is 32.7 Å². The summed E-state index contributed by atoms with van der Waals surface area (Å²) in [5.41, 5.74) is 2.88. The average Bonchev–Trinajstić information content (AvgIpc) is 3.03. The van der Waals surface area contributed by atoms with Gasteiger partial charge in [0, 0.05) is 17.8 Å². The van der Waals surface area contributed by atoms with Gasteiger partial charge in [0.1, 0.15) is 5.41 Å². The Morgan fingerprint density at radius 3 is 2.41 bits per heavy atom. The quantitative estimate of drug-likeness (QED) is 0.647. The molecule has 1 heterocycles. The van der Waals surface area contributed by atoms with E-state index in [1.807, 2.05) is 48.9 Å². The second-order valence-corrected chi connectivity index (χ2v) is 7.47. The summed E-state index contributed by atoms with van der Waals surface area (Å²) in [7, 11) is 0. The van der Waals surface area contributed by atoms with Crippen molar-refractivity contribution >= 4 is 11.9 Å². The minimum absolute atomic E-state index is 0.00708. The number of carbonyl (C=O) groups is 2. The smallest absolute Gasteiger partial charge is 0.315 e. The molecule has 1 amide bonds. The fourth-order valence-electron chi connectivity index (χ4n) is 3.29. The molecule has 2 N–H and O–H groups in total. The fourth-order valence-corrected chi connectivity index (χ4v) is 3.29. The molecule has 1 aromatic heterocycles. The Balaban J connectivity index is 1.73. The number of benzene rings is 2. The Labute approximate surface area is 170 Å². The van der Waals surface area contributed by atoms with E-state index in [1.165, 1.54) is 0 Å². The maximum atomic E-state index is 12.7. The van der Waals surface area contributed by atoms with Crippen molar-refractivity contribution in [1.29, 1.82) is 0 Å². The van der Waals surface area contributed by atoms with Crippen LogP contribution in [0.1, 0.15) is 39.8 Å². The van der Waals surface area contributed by atoms with Gasteiger partial charge in [0.15, 0.2) is 0 Å². The Hall–Kier alpha value is -3.41. The number of hydrogen-bond acceptors (Lipinski definition) is 3. The van der Waals surface area contributed by atoms with Crippen LogP contribution in [-0.4, -0.2) is 33.3 Å². The highest BCUT2D eigenvalue weighted by molar-refractivity contribution is 5.95. The first kappa shape index (κ1) is 20.3. The molecule has 0 aliphatic carbocycles. The molecule has 0 aliphatic rings. The molecule has 0 aliphatic heterocycles. The molecule has 1 unspecified atom stereocenters. The second kappa shape index (κ2) is 8.31. The van der Waals surface area contributed by atoms with E-state index in [2.05, 4.69) is 10.4 Å². The van der Waals surface area contributed by atoms with Gasteiger partial charge >= 0.3 is 5.97 Å². The number of rotatable bonds is 7. The molecule has 0 radical (unpaired) electrons. The summed E-state index contributed by atoms with van der Waals surface area (Å²) >= 11 is 0. The van der Waals surface area contributed by atoms with Crippen molar-refractivity contribution in [3.8, 4) is 0 Å². The van der Waals surface area contributed by atoms with E-state index in [1.54, 1.807) is 37.3 Å². The van der Waals surface area contributed by atoms with Gasteiger partial charge in [-0.1, -0.05) is 42.5 Å². The Morgan fingerprint density at radius 2 is 1.79 bits per heavy atom. The van der Waals surface area contributed by atoms with E-state index in [0.29, 0.717) is 17.7 Å². The number of nitrogens with one attached hydrogen (secondary N) is 1. The van der Waals surface area contributed by atoms with Crippen LogP contribution in [0.5, 0.6) is 0 Å². The van der Waals surface area contributed by atoms with Crippen LogP contribution in [0.25, 0.3) is 0 Å². The van der Waals surface area contributed by atoms with Crippen molar-refractivity contribution in [2.75, 3.05) is 6.54 Å². The van der Waals surface area contributed by atoms with Gasteiger partial charge in [-0.3, -0.25) is 14.3 Å². The van der Waals surface area contributed by atoms with Crippen molar-refractivity contribution in [3.05, 3.63) is 88.7 Å². The predicted molar refractivity (Wildman–Crippen MR) is 111 cm³/mol. The van der Waals surface area contributed by atoms with Gasteiger partial charge in [-0.2, -0.15) is 5.10 Å². The number of aromatic nitrogens is 2. The highest BCUT2D eigenvalue weighted by atomic mass is 16.4. The highest BCUT2D eigenvalue weighted by Crippen LogP contribution is 2.23. The molecule has 6 nitrogen and oxygen atoms in total. The molecule has 29 heavy (non-hydrogen) atoms. The standard InChI is InChI=1S/C23H25N3O3/c1-16-12-17(2)26(25-16)14-18-8-7-9-19(13-18)21(27)24-15-23(3,22(28)29)20-10-5-4-6-11-20/h4-13H,14-15H2,1-3H3,(H,24,27)(H,28,29). The zero-order chi connectivity index (χ0) is 21.0. The number of hydrogen-bond donors (Lipinski definition) is 2. The highest BCUT2D eigenvalue weighted by Gasteiger charge is 2.35. The fraction of sp³-hybridized carbons (Fsp3) is 0.261. The number of aliphatic carboxylic acids is 1. The van der Waals surface area contributed by atoms with Crippen LogP contribution in [-0.2, 0) is 16.8 Å². The molecule has 0 spiro atoms. The molecule has 3 rings (SSSR count). The van der Waals surface area contributed by atoms with E-state index >= 15 is 0 Å². The Kier molecular flexibility index (Phi) is 5.82. The molecular formula is C23H25N3O3. The number of carboxylic acids is 1. The topological polar surface area (TPSA) is 84.2 Å². The van der Waals surface area contributed by atoms with Crippen LogP contribution < -0.4 is 5.32 Å².